The van der Waals surface area contributed by atoms with Crippen LogP contribution in [0.3, 0.4) is 0 Å². The first-order valence-electron chi connectivity index (χ1n) is 7.04. The molecule has 1 unspecified atom stereocenters. The van der Waals surface area contributed by atoms with E-state index in [1.165, 1.54) is 17.4 Å². The van der Waals surface area contributed by atoms with Crippen LogP contribution in [0.25, 0.3) is 4.96 Å². The predicted octanol–water partition coefficient (Wildman–Crippen LogP) is 3.43. The highest BCUT2D eigenvalue weighted by molar-refractivity contribution is 7.99. The quantitative estimate of drug-likeness (QED) is 0.719. The van der Waals surface area contributed by atoms with E-state index >= 15 is 0 Å². The molecule has 2 aromatic heterocycles. The molecular formula is C15H14F3N3OS2. The summed E-state index contributed by atoms with van der Waals surface area (Å²) in [6.45, 7) is -0.176. The Balaban J connectivity index is 1.95. The van der Waals surface area contributed by atoms with Crippen molar-refractivity contribution in [2.45, 2.75) is 28.6 Å². The third kappa shape index (κ3) is 3.59. The summed E-state index contributed by atoms with van der Waals surface area (Å²) in [4.78, 5) is 5.67. The largest absolute Gasteiger partial charge is 0.416 e. The number of rotatable bonds is 5. The number of alkyl halides is 3. The van der Waals surface area contributed by atoms with Gasteiger partial charge in [-0.2, -0.15) is 13.2 Å². The molecule has 0 saturated heterocycles. The Bertz CT molecular complexity index is 844. The number of aromatic nitrogens is 2. The van der Waals surface area contributed by atoms with Gasteiger partial charge in [-0.3, -0.25) is 4.40 Å². The Labute approximate surface area is 144 Å². The van der Waals surface area contributed by atoms with Gasteiger partial charge in [0.1, 0.15) is 5.03 Å². The molecular weight excluding hydrogens is 359 g/mol. The molecule has 1 aromatic carbocycles. The summed E-state index contributed by atoms with van der Waals surface area (Å²) in [5.41, 5.74) is 5.92. The minimum absolute atomic E-state index is 0.176. The maximum atomic E-state index is 12.8. The molecule has 2 heterocycles. The Morgan fingerprint density at radius 3 is 2.88 bits per heavy atom. The molecule has 0 aliphatic carbocycles. The highest BCUT2D eigenvalue weighted by atomic mass is 32.2. The van der Waals surface area contributed by atoms with Crippen LogP contribution in [0.15, 0.2) is 45.8 Å². The normalized spacial score (nSPS) is 13.5. The van der Waals surface area contributed by atoms with Crippen LogP contribution in [0.2, 0.25) is 0 Å². The second-order valence-electron chi connectivity index (χ2n) is 5.19. The molecule has 0 radical (unpaired) electrons. The maximum absolute atomic E-state index is 12.8. The number of benzene rings is 1. The highest BCUT2D eigenvalue weighted by Crippen LogP contribution is 2.36. The number of halogens is 3. The lowest BCUT2D eigenvalue weighted by atomic mass is 10.2. The number of thiazole rings is 1. The number of hydrogen-bond acceptors (Lipinski definition) is 5. The third-order valence-electron chi connectivity index (χ3n) is 3.39. The van der Waals surface area contributed by atoms with Crippen LogP contribution in [0.5, 0.6) is 0 Å². The molecule has 0 saturated carbocycles. The number of fused-ring (bicyclic) bond motifs is 1. The lowest BCUT2D eigenvalue weighted by molar-refractivity contribution is -0.137. The number of hydrogen-bond donors (Lipinski definition) is 2. The van der Waals surface area contributed by atoms with Crippen LogP contribution in [-0.2, 0) is 12.6 Å². The fraction of sp³-hybridized carbons (Fsp3) is 0.267. The molecule has 0 amide bonds. The maximum Gasteiger partial charge on any atom is 0.416 e. The molecule has 3 aromatic rings. The Morgan fingerprint density at radius 1 is 1.38 bits per heavy atom. The second kappa shape index (κ2) is 6.75. The molecule has 128 valence electrons. The van der Waals surface area contributed by atoms with Gasteiger partial charge >= 0.3 is 6.18 Å². The van der Waals surface area contributed by atoms with Crippen molar-refractivity contribution in [3.05, 3.63) is 47.1 Å². The fourth-order valence-corrected chi connectivity index (χ4v) is 4.02. The first-order valence-corrected chi connectivity index (χ1v) is 8.74. The molecule has 0 aliphatic heterocycles. The number of nitrogens with two attached hydrogens (primary N) is 1. The number of aliphatic hydroxyl groups is 1. The average molecular weight is 373 g/mol. The molecule has 0 bridgehead atoms. The smallest absolute Gasteiger partial charge is 0.395 e. The van der Waals surface area contributed by atoms with Crippen LogP contribution < -0.4 is 5.73 Å². The minimum atomic E-state index is -4.38. The van der Waals surface area contributed by atoms with Gasteiger partial charge in [-0.15, -0.1) is 11.3 Å². The number of nitrogens with zero attached hydrogens (tertiary/aromatic N) is 2. The van der Waals surface area contributed by atoms with Crippen molar-refractivity contribution >= 4 is 28.1 Å². The summed E-state index contributed by atoms with van der Waals surface area (Å²) in [6.07, 6.45) is -2.16. The SMILES string of the molecule is NC(CO)Cc1c(Sc2cccc(C(F)(F)F)c2)nc2sccn12. The molecule has 1 atom stereocenters. The zero-order valence-corrected chi connectivity index (χ0v) is 14.0. The lowest BCUT2D eigenvalue weighted by Crippen LogP contribution is -2.27. The zero-order chi connectivity index (χ0) is 17.3. The summed E-state index contributed by atoms with van der Waals surface area (Å²) in [7, 11) is 0. The van der Waals surface area contributed by atoms with Gasteiger partial charge in [0.2, 0.25) is 0 Å². The summed E-state index contributed by atoms with van der Waals surface area (Å²) in [5, 5.41) is 11.7. The van der Waals surface area contributed by atoms with E-state index in [4.69, 9.17) is 5.73 Å². The van der Waals surface area contributed by atoms with Crippen LogP contribution in [0, 0.1) is 0 Å². The van der Waals surface area contributed by atoms with E-state index in [0.717, 1.165) is 34.5 Å². The van der Waals surface area contributed by atoms with E-state index < -0.39 is 17.8 Å². The van der Waals surface area contributed by atoms with Gasteiger partial charge in [-0.05, 0) is 18.2 Å². The van der Waals surface area contributed by atoms with Gasteiger partial charge in [0.25, 0.3) is 0 Å². The Hall–Kier alpha value is -1.55. The average Bonchev–Trinajstić information content (AvgIpc) is 3.10. The Morgan fingerprint density at radius 2 is 2.17 bits per heavy atom. The first-order chi connectivity index (χ1) is 11.4. The van der Waals surface area contributed by atoms with Crippen LogP contribution in [-0.4, -0.2) is 27.1 Å². The van der Waals surface area contributed by atoms with E-state index in [2.05, 4.69) is 4.98 Å². The topological polar surface area (TPSA) is 63.5 Å². The Kier molecular flexibility index (Phi) is 4.86. The van der Waals surface area contributed by atoms with E-state index in [0.29, 0.717) is 16.3 Å². The second-order valence-corrected chi connectivity index (χ2v) is 7.13. The van der Waals surface area contributed by atoms with Crippen molar-refractivity contribution in [1.29, 1.82) is 0 Å². The van der Waals surface area contributed by atoms with Crippen LogP contribution in [0.1, 0.15) is 11.3 Å². The number of aliphatic hydroxyl groups excluding tert-OH is 1. The summed E-state index contributed by atoms with van der Waals surface area (Å²) < 4.78 is 40.4. The number of imidazole rings is 1. The van der Waals surface area contributed by atoms with E-state index in [1.807, 2.05) is 16.0 Å². The standard InChI is InChI=1S/C15H14F3N3OS2/c16-15(17,18)9-2-1-3-11(6-9)24-13-12(7-10(19)8-22)21-4-5-23-14(21)20-13/h1-6,10,22H,7-8,19H2. The van der Waals surface area contributed by atoms with Crippen molar-refractivity contribution < 1.29 is 18.3 Å². The first kappa shape index (κ1) is 17.3. The zero-order valence-electron chi connectivity index (χ0n) is 12.3. The van der Waals surface area contributed by atoms with Crippen molar-refractivity contribution in [1.82, 2.24) is 9.38 Å². The van der Waals surface area contributed by atoms with Crippen molar-refractivity contribution in [3.63, 3.8) is 0 Å². The van der Waals surface area contributed by atoms with Gasteiger partial charge < -0.3 is 10.8 Å². The molecule has 9 heteroatoms. The van der Waals surface area contributed by atoms with Crippen LogP contribution >= 0.6 is 23.1 Å². The lowest BCUT2D eigenvalue weighted by Gasteiger charge is -2.10. The van der Waals surface area contributed by atoms with E-state index in [-0.39, 0.29) is 6.61 Å². The molecule has 4 nitrogen and oxygen atoms in total. The molecule has 0 aliphatic rings. The molecule has 0 fully saturated rings. The van der Waals surface area contributed by atoms with Gasteiger partial charge in [-0.25, -0.2) is 4.98 Å². The molecule has 3 N–H and O–H groups in total. The fourth-order valence-electron chi connectivity index (χ4n) is 2.24. The van der Waals surface area contributed by atoms with Gasteiger partial charge in [0.05, 0.1) is 17.9 Å². The molecule has 24 heavy (non-hydrogen) atoms. The van der Waals surface area contributed by atoms with Crippen molar-refractivity contribution in [3.8, 4) is 0 Å². The van der Waals surface area contributed by atoms with Crippen molar-refractivity contribution in [2.75, 3.05) is 6.61 Å². The summed E-state index contributed by atoms with van der Waals surface area (Å²) >= 11 is 2.60. The molecule has 0 spiro atoms. The predicted molar refractivity (Wildman–Crippen MR) is 87.4 cm³/mol. The van der Waals surface area contributed by atoms with E-state index in [1.54, 1.807) is 6.07 Å². The van der Waals surface area contributed by atoms with E-state index in [9.17, 15) is 18.3 Å². The summed E-state index contributed by atoms with van der Waals surface area (Å²) in [6, 6.07) is 4.68. The highest BCUT2D eigenvalue weighted by Gasteiger charge is 2.30. The van der Waals surface area contributed by atoms with Gasteiger partial charge in [0.15, 0.2) is 4.96 Å². The van der Waals surface area contributed by atoms with Crippen molar-refractivity contribution in [2.24, 2.45) is 5.73 Å². The minimum Gasteiger partial charge on any atom is -0.395 e. The molecule has 3 rings (SSSR count). The monoisotopic (exact) mass is 373 g/mol. The van der Waals surface area contributed by atoms with Crippen LogP contribution in [0.4, 0.5) is 13.2 Å². The van der Waals surface area contributed by atoms with Gasteiger partial charge in [-0.1, -0.05) is 17.8 Å². The van der Waals surface area contributed by atoms with Gasteiger partial charge in [0, 0.05) is 28.9 Å². The summed E-state index contributed by atoms with van der Waals surface area (Å²) in [5.74, 6) is 0. The third-order valence-corrected chi connectivity index (χ3v) is 5.16.